The van der Waals surface area contributed by atoms with Crippen LogP contribution in [0.15, 0.2) is 60.9 Å². The van der Waals surface area contributed by atoms with E-state index in [1.165, 1.54) is 0 Å². The number of rotatable bonds is 8. The van der Waals surface area contributed by atoms with Crippen LogP contribution < -0.4 is 10.1 Å². The summed E-state index contributed by atoms with van der Waals surface area (Å²) in [4.78, 5) is 20.1. The number of para-hydroxylation sites is 1. The van der Waals surface area contributed by atoms with Crippen LogP contribution in [0.1, 0.15) is 34.5 Å². The molecule has 0 saturated heterocycles. The van der Waals surface area contributed by atoms with E-state index in [0.29, 0.717) is 17.9 Å². The fourth-order valence-corrected chi connectivity index (χ4v) is 3.73. The topological polar surface area (TPSA) is 83.1 Å². The van der Waals surface area contributed by atoms with Gasteiger partial charge < -0.3 is 15.0 Å². The van der Waals surface area contributed by atoms with Crippen LogP contribution in [0.25, 0.3) is 22.2 Å². The van der Waals surface area contributed by atoms with Crippen molar-refractivity contribution in [2.75, 3.05) is 27.2 Å². The molecule has 0 fully saturated rings. The SMILES string of the molecule is Cc1ccc(OCCN(C)C)cc1C(=O)N[C@H](C)c1cc(-c2cn[nH]c2)nc2ccccc12. The van der Waals surface area contributed by atoms with E-state index in [0.717, 1.165) is 39.8 Å². The Morgan fingerprint density at radius 3 is 2.76 bits per heavy atom. The smallest absolute Gasteiger partial charge is 0.252 e. The number of carbonyl (C=O) groups is 1. The third kappa shape index (κ3) is 5.21. The number of H-pyrrole nitrogens is 1. The van der Waals surface area contributed by atoms with Gasteiger partial charge in [0.2, 0.25) is 0 Å². The van der Waals surface area contributed by atoms with Crippen LogP contribution in [-0.4, -0.2) is 53.2 Å². The molecule has 0 unspecified atom stereocenters. The highest BCUT2D eigenvalue weighted by Crippen LogP contribution is 2.29. The van der Waals surface area contributed by atoms with Gasteiger partial charge in [0, 0.05) is 29.3 Å². The third-order valence-electron chi connectivity index (χ3n) is 5.62. The molecule has 170 valence electrons. The number of aromatic amines is 1. The van der Waals surface area contributed by atoms with E-state index in [4.69, 9.17) is 9.72 Å². The summed E-state index contributed by atoms with van der Waals surface area (Å²) in [7, 11) is 4.00. The van der Waals surface area contributed by atoms with Crippen molar-refractivity contribution < 1.29 is 9.53 Å². The summed E-state index contributed by atoms with van der Waals surface area (Å²) >= 11 is 0. The second-order valence-electron chi connectivity index (χ2n) is 8.42. The monoisotopic (exact) mass is 443 g/mol. The molecular weight excluding hydrogens is 414 g/mol. The van der Waals surface area contributed by atoms with Crippen LogP contribution in [0.4, 0.5) is 0 Å². The van der Waals surface area contributed by atoms with Gasteiger partial charge in [0.25, 0.3) is 5.91 Å². The van der Waals surface area contributed by atoms with Crippen molar-refractivity contribution in [3.05, 3.63) is 77.6 Å². The maximum atomic E-state index is 13.2. The van der Waals surface area contributed by atoms with E-state index in [2.05, 4.69) is 20.4 Å². The number of aromatic nitrogens is 3. The number of hydrogen-bond donors (Lipinski definition) is 2. The molecule has 0 bridgehead atoms. The molecule has 0 aliphatic rings. The van der Waals surface area contributed by atoms with Crippen LogP contribution in [0.5, 0.6) is 5.75 Å². The van der Waals surface area contributed by atoms with Gasteiger partial charge in [0.15, 0.2) is 0 Å². The standard InChI is InChI=1S/C26H29N5O2/c1-17-9-10-20(33-12-11-31(3)4)13-22(17)26(32)29-18(2)23-14-25(19-15-27-28-16-19)30-24-8-6-5-7-21(23)24/h5-10,13-16,18H,11-12H2,1-4H3,(H,27,28)(H,29,32)/t18-/m1/s1. The fourth-order valence-electron chi connectivity index (χ4n) is 3.73. The predicted octanol–water partition coefficient (Wildman–Crippen LogP) is 4.36. The number of hydrogen-bond acceptors (Lipinski definition) is 5. The van der Waals surface area contributed by atoms with Crippen LogP contribution in [0.3, 0.4) is 0 Å². The van der Waals surface area contributed by atoms with Gasteiger partial charge in [0.1, 0.15) is 12.4 Å². The van der Waals surface area contributed by atoms with E-state index in [-0.39, 0.29) is 11.9 Å². The van der Waals surface area contributed by atoms with Crippen molar-refractivity contribution in [1.82, 2.24) is 25.4 Å². The van der Waals surface area contributed by atoms with Gasteiger partial charge in [-0.2, -0.15) is 5.10 Å². The van der Waals surface area contributed by atoms with Gasteiger partial charge in [-0.25, -0.2) is 4.98 Å². The highest BCUT2D eigenvalue weighted by molar-refractivity contribution is 5.96. The molecule has 0 spiro atoms. The summed E-state index contributed by atoms with van der Waals surface area (Å²) in [6, 6.07) is 15.4. The number of fused-ring (bicyclic) bond motifs is 1. The largest absolute Gasteiger partial charge is 0.492 e. The lowest BCUT2D eigenvalue weighted by atomic mass is 9.99. The first-order valence-corrected chi connectivity index (χ1v) is 11.0. The first-order chi connectivity index (χ1) is 15.9. The summed E-state index contributed by atoms with van der Waals surface area (Å²) in [5.74, 6) is 0.556. The van der Waals surface area contributed by atoms with E-state index in [1.807, 2.05) is 82.7 Å². The molecular formula is C26H29N5O2. The average molecular weight is 444 g/mol. The number of benzene rings is 2. The Kier molecular flexibility index (Phi) is 6.70. The summed E-state index contributed by atoms with van der Waals surface area (Å²) in [6.45, 7) is 5.29. The lowest BCUT2D eigenvalue weighted by molar-refractivity contribution is 0.0939. The van der Waals surface area contributed by atoms with Crippen molar-refractivity contribution in [3.8, 4) is 17.0 Å². The van der Waals surface area contributed by atoms with E-state index >= 15 is 0 Å². The minimum atomic E-state index is -0.228. The molecule has 1 atom stereocenters. The maximum absolute atomic E-state index is 13.2. The van der Waals surface area contributed by atoms with Crippen LogP contribution >= 0.6 is 0 Å². The zero-order valence-electron chi connectivity index (χ0n) is 19.4. The van der Waals surface area contributed by atoms with Crippen molar-refractivity contribution >= 4 is 16.8 Å². The Labute approximate surface area is 193 Å². The van der Waals surface area contributed by atoms with Crippen molar-refractivity contribution in [1.29, 1.82) is 0 Å². The number of aryl methyl sites for hydroxylation is 1. The Balaban J connectivity index is 1.60. The Morgan fingerprint density at radius 1 is 1.18 bits per heavy atom. The average Bonchev–Trinajstić information content (AvgIpc) is 3.34. The van der Waals surface area contributed by atoms with Gasteiger partial charge in [-0.3, -0.25) is 9.89 Å². The summed E-state index contributed by atoms with van der Waals surface area (Å²) < 4.78 is 5.83. The number of pyridine rings is 1. The maximum Gasteiger partial charge on any atom is 0.252 e. The molecule has 4 aromatic rings. The second kappa shape index (κ2) is 9.83. The number of carbonyl (C=O) groups excluding carboxylic acids is 1. The van der Waals surface area contributed by atoms with Crippen LogP contribution in [-0.2, 0) is 0 Å². The molecule has 2 aromatic heterocycles. The van der Waals surface area contributed by atoms with Gasteiger partial charge >= 0.3 is 0 Å². The molecule has 0 aliphatic heterocycles. The number of nitrogens with zero attached hydrogens (tertiary/aromatic N) is 3. The number of amides is 1. The molecule has 1 amide bonds. The lowest BCUT2D eigenvalue weighted by Gasteiger charge is -2.19. The zero-order valence-corrected chi connectivity index (χ0v) is 19.4. The van der Waals surface area contributed by atoms with E-state index in [1.54, 1.807) is 6.20 Å². The summed E-state index contributed by atoms with van der Waals surface area (Å²) in [5.41, 5.74) is 5.10. The molecule has 7 heteroatoms. The second-order valence-corrected chi connectivity index (χ2v) is 8.42. The number of ether oxygens (including phenoxy) is 1. The number of likely N-dealkylation sites (N-methyl/N-ethyl adjacent to an activating group) is 1. The zero-order chi connectivity index (χ0) is 23.4. The lowest BCUT2D eigenvalue weighted by Crippen LogP contribution is -2.27. The first kappa shape index (κ1) is 22.5. The van der Waals surface area contributed by atoms with Crippen LogP contribution in [0, 0.1) is 6.92 Å². The molecule has 2 heterocycles. The van der Waals surface area contributed by atoms with E-state index in [9.17, 15) is 4.79 Å². The minimum absolute atomic E-state index is 0.135. The van der Waals surface area contributed by atoms with Crippen molar-refractivity contribution in [2.45, 2.75) is 19.9 Å². The Bertz CT molecular complexity index is 1250. The Hall–Kier alpha value is -3.71. The Morgan fingerprint density at radius 2 is 2.00 bits per heavy atom. The normalized spacial score (nSPS) is 12.2. The summed E-state index contributed by atoms with van der Waals surface area (Å²) in [6.07, 6.45) is 3.56. The molecule has 7 nitrogen and oxygen atoms in total. The molecule has 0 saturated carbocycles. The van der Waals surface area contributed by atoms with Gasteiger partial charge in [-0.1, -0.05) is 24.3 Å². The molecule has 2 aromatic carbocycles. The fraction of sp³-hybridized carbons (Fsp3) is 0.269. The molecule has 0 radical (unpaired) electrons. The molecule has 33 heavy (non-hydrogen) atoms. The number of nitrogens with one attached hydrogen (secondary N) is 2. The van der Waals surface area contributed by atoms with Gasteiger partial charge in [-0.05, 0) is 63.3 Å². The van der Waals surface area contributed by atoms with Gasteiger partial charge in [-0.15, -0.1) is 0 Å². The first-order valence-electron chi connectivity index (χ1n) is 11.0. The van der Waals surface area contributed by atoms with Crippen molar-refractivity contribution in [2.24, 2.45) is 0 Å². The highest BCUT2D eigenvalue weighted by atomic mass is 16.5. The third-order valence-corrected chi connectivity index (χ3v) is 5.62. The molecule has 4 rings (SSSR count). The van der Waals surface area contributed by atoms with Crippen LogP contribution in [0.2, 0.25) is 0 Å². The predicted molar refractivity (Wildman–Crippen MR) is 130 cm³/mol. The summed E-state index contributed by atoms with van der Waals surface area (Å²) in [5, 5.41) is 11.1. The quantitative estimate of drug-likeness (QED) is 0.423. The van der Waals surface area contributed by atoms with E-state index < -0.39 is 0 Å². The molecule has 0 aliphatic carbocycles. The minimum Gasteiger partial charge on any atom is -0.492 e. The molecule has 2 N–H and O–H groups in total. The highest BCUT2D eigenvalue weighted by Gasteiger charge is 2.18. The van der Waals surface area contributed by atoms with Crippen molar-refractivity contribution in [3.63, 3.8) is 0 Å². The van der Waals surface area contributed by atoms with Gasteiger partial charge in [0.05, 0.1) is 23.4 Å².